The van der Waals surface area contributed by atoms with Gasteiger partial charge in [-0.2, -0.15) is 13.2 Å². The maximum absolute atomic E-state index is 12.0. The van der Waals surface area contributed by atoms with Crippen LogP contribution in [0.5, 0.6) is 0 Å². The van der Waals surface area contributed by atoms with Gasteiger partial charge < -0.3 is 9.47 Å². The zero-order valence-electron chi connectivity index (χ0n) is 12.8. The number of ether oxygens (including phenoxy) is 2. The van der Waals surface area contributed by atoms with Gasteiger partial charge in [0.05, 0.1) is 5.92 Å². The largest absolute Gasteiger partial charge is 0.461 e. The quantitative estimate of drug-likeness (QED) is 0.736. The van der Waals surface area contributed by atoms with E-state index < -0.39 is 12.8 Å². The smallest absolute Gasteiger partial charge is 0.411 e. The van der Waals surface area contributed by atoms with Crippen molar-refractivity contribution >= 4 is 5.97 Å². The normalized spacial score (nSPS) is 21.9. The van der Waals surface area contributed by atoms with Crippen molar-refractivity contribution in [1.29, 1.82) is 0 Å². The van der Waals surface area contributed by atoms with Gasteiger partial charge in [-0.15, -0.1) is 0 Å². The van der Waals surface area contributed by atoms with Gasteiger partial charge in [0.2, 0.25) is 0 Å². The SMILES string of the molecule is O=C(OCc1ccccc1)C1CCC(COCC(F)(F)F)CC1. The number of alkyl halides is 3. The Labute approximate surface area is 133 Å². The third-order valence-corrected chi connectivity index (χ3v) is 4.02. The lowest BCUT2D eigenvalue weighted by molar-refractivity contribution is -0.177. The molecule has 0 aliphatic heterocycles. The monoisotopic (exact) mass is 330 g/mol. The summed E-state index contributed by atoms with van der Waals surface area (Å²) in [5.74, 6) is -0.281. The van der Waals surface area contributed by atoms with E-state index in [1.54, 1.807) is 0 Å². The zero-order chi connectivity index (χ0) is 16.7. The molecule has 0 N–H and O–H groups in total. The Balaban J connectivity index is 1.64. The molecule has 0 heterocycles. The Bertz CT molecular complexity index is 480. The molecule has 0 saturated heterocycles. The third kappa shape index (κ3) is 6.60. The van der Waals surface area contributed by atoms with Crippen LogP contribution in [0.4, 0.5) is 13.2 Å². The van der Waals surface area contributed by atoms with Crippen molar-refractivity contribution in [2.24, 2.45) is 11.8 Å². The van der Waals surface area contributed by atoms with Crippen molar-refractivity contribution < 1.29 is 27.4 Å². The van der Waals surface area contributed by atoms with Crippen LogP contribution in [0.25, 0.3) is 0 Å². The number of benzene rings is 1. The van der Waals surface area contributed by atoms with Crippen LogP contribution in [0.1, 0.15) is 31.2 Å². The summed E-state index contributed by atoms with van der Waals surface area (Å²) in [6, 6.07) is 9.45. The molecule has 0 bridgehead atoms. The van der Waals surface area contributed by atoms with Crippen molar-refractivity contribution in [3.8, 4) is 0 Å². The Kier molecular flexibility index (Phi) is 6.45. The summed E-state index contributed by atoms with van der Waals surface area (Å²) in [6.07, 6.45) is -1.59. The molecule has 0 unspecified atom stereocenters. The molecule has 0 atom stereocenters. The summed E-state index contributed by atoms with van der Waals surface area (Å²) >= 11 is 0. The summed E-state index contributed by atoms with van der Waals surface area (Å²) in [6.45, 7) is -0.842. The average molecular weight is 330 g/mol. The van der Waals surface area contributed by atoms with Gasteiger partial charge in [0.1, 0.15) is 13.2 Å². The lowest BCUT2D eigenvalue weighted by Gasteiger charge is -2.27. The third-order valence-electron chi connectivity index (χ3n) is 4.02. The molecule has 23 heavy (non-hydrogen) atoms. The molecule has 6 heteroatoms. The average Bonchev–Trinajstić information content (AvgIpc) is 2.53. The fraction of sp³-hybridized carbons (Fsp3) is 0.588. The number of carbonyl (C=O) groups is 1. The first-order valence-corrected chi connectivity index (χ1v) is 7.79. The molecule has 1 fully saturated rings. The minimum atomic E-state index is -4.28. The fourth-order valence-corrected chi connectivity index (χ4v) is 2.75. The highest BCUT2D eigenvalue weighted by molar-refractivity contribution is 5.72. The maximum atomic E-state index is 12.0. The molecule has 0 spiro atoms. The predicted octanol–water partition coefficient (Wildman–Crippen LogP) is 4.12. The molecule has 128 valence electrons. The van der Waals surface area contributed by atoms with Crippen molar-refractivity contribution in [3.63, 3.8) is 0 Å². The maximum Gasteiger partial charge on any atom is 0.411 e. The van der Waals surface area contributed by atoms with Gasteiger partial charge in [0.15, 0.2) is 0 Å². The van der Waals surface area contributed by atoms with Gasteiger partial charge in [-0.3, -0.25) is 4.79 Å². The molecule has 1 aromatic rings. The second-order valence-corrected chi connectivity index (χ2v) is 5.94. The van der Waals surface area contributed by atoms with E-state index in [0.29, 0.717) is 25.7 Å². The van der Waals surface area contributed by atoms with Crippen LogP contribution in [0, 0.1) is 11.8 Å². The first kappa shape index (κ1) is 17.8. The van der Waals surface area contributed by atoms with Crippen LogP contribution in [-0.4, -0.2) is 25.4 Å². The van der Waals surface area contributed by atoms with Crippen LogP contribution < -0.4 is 0 Å². The van der Waals surface area contributed by atoms with Gasteiger partial charge >= 0.3 is 12.1 Å². The second-order valence-electron chi connectivity index (χ2n) is 5.94. The first-order valence-electron chi connectivity index (χ1n) is 7.79. The van der Waals surface area contributed by atoms with Crippen molar-refractivity contribution in [3.05, 3.63) is 35.9 Å². The lowest BCUT2D eigenvalue weighted by atomic mass is 9.82. The van der Waals surface area contributed by atoms with E-state index in [0.717, 1.165) is 5.56 Å². The molecule has 3 nitrogen and oxygen atoms in total. The predicted molar refractivity (Wildman–Crippen MR) is 78.6 cm³/mol. The molecule has 1 aliphatic rings. The van der Waals surface area contributed by atoms with E-state index in [2.05, 4.69) is 0 Å². The molecule has 1 aromatic carbocycles. The lowest BCUT2D eigenvalue weighted by Crippen LogP contribution is -2.27. The summed E-state index contributed by atoms with van der Waals surface area (Å²) in [5, 5.41) is 0. The van der Waals surface area contributed by atoms with E-state index in [9.17, 15) is 18.0 Å². The van der Waals surface area contributed by atoms with E-state index in [1.807, 2.05) is 30.3 Å². The van der Waals surface area contributed by atoms with E-state index >= 15 is 0 Å². The number of halogens is 3. The van der Waals surface area contributed by atoms with Crippen molar-refractivity contribution in [1.82, 2.24) is 0 Å². The van der Waals surface area contributed by atoms with Gasteiger partial charge in [0.25, 0.3) is 0 Å². The van der Waals surface area contributed by atoms with Crippen LogP contribution in [0.3, 0.4) is 0 Å². The van der Waals surface area contributed by atoms with E-state index in [-0.39, 0.29) is 31.0 Å². The van der Waals surface area contributed by atoms with Crippen molar-refractivity contribution in [2.75, 3.05) is 13.2 Å². The number of carbonyl (C=O) groups excluding carboxylic acids is 1. The molecule has 0 aromatic heterocycles. The van der Waals surface area contributed by atoms with Crippen LogP contribution in [0.2, 0.25) is 0 Å². The summed E-state index contributed by atoms with van der Waals surface area (Å²) < 4.78 is 46.1. The topological polar surface area (TPSA) is 35.5 Å². The number of rotatable bonds is 6. The van der Waals surface area contributed by atoms with E-state index in [4.69, 9.17) is 9.47 Å². The van der Waals surface area contributed by atoms with Gasteiger partial charge in [-0.25, -0.2) is 0 Å². The molecule has 1 saturated carbocycles. The summed E-state index contributed by atoms with van der Waals surface area (Å²) in [7, 11) is 0. The molecule has 0 amide bonds. The highest BCUT2D eigenvalue weighted by atomic mass is 19.4. The van der Waals surface area contributed by atoms with Crippen molar-refractivity contribution in [2.45, 2.75) is 38.5 Å². The van der Waals surface area contributed by atoms with Gasteiger partial charge in [0, 0.05) is 6.61 Å². The Morgan fingerprint density at radius 1 is 1.09 bits per heavy atom. The van der Waals surface area contributed by atoms with Crippen LogP contribution in [0.15, 0.2) is 30.3 Å². The fourth-order valence-electron chi connectivity index (χ4n) is 2.75. The van der Waals surface area contributed by atoms with E-state index in [1.165, 1.54) is 0 Å². The Morgan fingerprint density at radius 2 is 1.74 bits per heavy atom. The molecular weight excluding hydrogens is 309 g/mol. The summed E-state index contributed by atoms with van der Waals surface area (Å²) in [4.78, 5) is 12.0. The van der Waals surface area contributed by atoms with Crippen LogP contribution in [-0.2, 0) is 20.9 Å². The molecule has 0 radical (unpaired) electrons. The number of hydrogen-bond acceptors (Lipinski definition) is 3. The van der Waals surface area contributed by atoms with Gasteiger partial charge in [-0.1, -0.05) is 30.3 Å². The summed E-state index contributed by atoms with van der Waals surface area (Å²) in [5.41, 5.74) is 0.940. The Morgan fingerprint density at radius 3 is 2.35 bits per heavy atom. The molecule has 1 aliphatic carbocycles. The minimum Gasteiger partial charge on any atom is -0.461 e. The number of esters is 1. The van der Waals surface area contributed by atoms with Crippen LogP contribution >= 0.6 is 0 Å². The first-order chi connectivity index (χ1) is 10.9. The second kappa shape index (κ2) is 8.34. The minimum absolute atomic E-state index is 0.0931. The zero-order valence-corrected chi connectivity index (χ0v) is 12.8. The molecular formula is C17H21F3O3. The number of hydrogen-bond donors (Lipinski definition) is 0. The standard InChI is InChI=1S/C17H21F3O3/c18-17(19,20)12-22-10-14-6-8-15(9-7-14)16(21)23-11-13-4-2-1-3-5-13/h1-5,14-15H,6-12H2. The highest BCUT2D eigenvalue weighted by Crippen LogP contribution is 2.30. The highest BCUT2D eigenvalue weighted by Gasteiger charge is 2.30. The molecule has 2 rings (SSSR count). The Hall–Kier alpha value is -1.56. The van der Waals surface area contributed by atoms with Gasteiger partial charge in [-0.05, 0) is 37.2 Å².